The molecule has 1 aromatic rings. The summed E-state index contributed by atoms with van der Waals surface area (Å²) in [5.41, 5.74) is 1.99. The Morgan fingerprint density at radius 1 is 1.08 bits per heavy atom. The number of fused-ring (bicyclic) bond motifs is 1. The fraction of sp³-hybridized carbons (Fsp3) is 0.632. The SMILES string of the molecule is CC(=O)N1CCc2cc(S(=O)(=O)N3CCN(CC(C)(C)C)CC3)ccc21. The number of carbonyl (C=O) groups is 1. The first-order valence-corrected chi connectivity index (χ1v) is 10.7. The second kappa shape index (κ2) is 6.94. The van der Waals surface area contributed by atoms with Crippen LogP contribution < -0.4 is 4.90 Å². The Morgan fingerprint density at radius 3 is 2.31 bits per heavy atom. The lowest BCUT2D eigenvalue weighted by Gasteiger charge is -2.37. The Kier molecular flexibility index (Phi) is 5.16. The fourth-order valence-corrected chi connectivity index (χ4v) is 5.29. The first kappa shape index (κ1) is 19.3. The zero-order chi connectivity index (χ0) is 19.1. The highest BCUT2D eigenvalue weighted by molar-refractivity contribution is 7.89. The molecule has 0 N–H and O–H groups in total. The van der Waals surface area contributed by atoms with Crippen LogP contribution in [-0.2, 0) is 21.2 Å². The summed E-state index contributed by atoms with van der Waals surface area (Å²) in [6, 6.07) is 5.15. The average molecular weight is 380 g/mol. The van der Waals surface area contributed by atoms with Gasteiger partial charge in [-0.05, 0) is 35.6 Å². The predicted octanol–water partition coefficient (Wildman–Crippen LogP) is 1.95. The maximum atomic E-state index is 13.0. The smallest absolute Gasteiger partial charge is 0.243 e. The molecule has 0 aliphatic carbocycles. The van der Waals surface area contributed by atoms with Gasteiger partial charge in [0, 0.05) is 51.9 Å². The largest absolute Gasteiger partial charge is 0.312 e. The van der Waals surface area contributed by atoms with Gasteiger partial charge in [0.25, 0.3) is 0 Å². The van der Waals surface area contributed by atoms with Gasteiger partial charge in [-0.15, -0.1) is 0 Å². The van der Waals surface area contributed by atoms with E-state index in [1.54, 1.807) is 27.4 Å². The van der Waals surface area contributed by atoms with Crippen molar-refractivity contribution >= 4 is 21.6 Å². The number of anilines is 1. The van der Waals surface area contributed by atoms with Gasteiger partial charge in [0.1, 0.15) is 0 Å². The Hall–Kier alpha value is -1.44. The van der Waals surface area contributed by atoms with Gasteiger partial charge in [0.2, 0.25) is 15.9 Å². The summed E-state index contributed by atoms with van der Waals surface area (Å²) in [7, 11) is -3.49. The lowest BCUT2D eigenvalue weighted by atomic mass is 9.96. The number of hydrogen-bond acceptors (Lipinski definition) is 4. The van der Waals surface area contributed by atoms with Crippen LogP contribution in [0.15, 0.2) is 23.1 Å². The minimum absolute atomic E-state index is 0.00525. The van der Waals surface area contributed by atoms with Crippen LogP contribution in [0.2, 0.25) is 0 Å². The quantitative estimate of drug-likeness (QED) is 0.805. The second-order valence-corrected chi connectivity index (χ2v) is 10.4. The Bertz CT molecular complexity index is 791. The van der Waals surface area contributed by atoms with E-state index in [1.807, 2.05) is 0 Å². The number of rotatable bonds is 3. The molecule has 2 heterocycles. The minimum atomic E-state index is -3.49. The van der Waals surface area contributed by atoms with Crippen molar-refractivity contribution in [2.45, 2.75) is 39.0 Å². The van der Waals surface area contributed by atoms with Crippen molar-refractivity contribution in [1.82, 2.24) is 9.21 Å². The van der Waals surface area contributed by atoms with E-state index in [2.05, 4.69) is 25.7 Å². The normalized spacial score (nSPS) is 19.6. The number of piperazine rings is 1. The van der Waals surface area contributed by atoms with Crippen LogP contribution in [0.4, 0.5) is 5.69 Å². The number of benzene rings is 1. The van der Waals surface area contributed by atoms with E-state index in [9.17, 15) is 13.2 Å². The van der Waals surface area contributed by atoms with Crippen molar-refractivity contribution < 1.29 is 13.2 Å². The summed E-state index contributed by atoms with van der Waals surface area (Å²) in [5, 5.41) is 0. The van der Waals surface area contributed by atoms with E-state index in [1.165, 1.54) is 6.92 Å². The standard InChI is InChI=1S/C19H29N3O3S/c1-15(23)22-8-7-16-13-17(5-6-18(16)22)26(24,25)21-11-9-20(10-12-21)14-19(2,3)4/h5-6,13H,7-12,14H2,1-4H3. The summed E-state index contributed by atoms with van der Waals surface area (Å²) in [5.74, 6) is -0.00525. The molecule has 0 radical (unpaired) electrons. The highest BCUT2D eigenvalue weighted by Gasteiger charge is 2.31. The molecule has 1 fully saturated rings. The van der Waals surface area contributed by atoms with Crippen LogP contribution in [-0.4, -0.2) is 62.8 Å². The molecule has 1 amide bonds. The zero-order valence-electron chi connectivity index (χ0n) is 16.2. The van der Waals surface area contributed by atoms with Gasteiger partial charge in [-0.2, -0.15) is 4.31 Å². The number of sulfonamides is 1. The number of amides is 1. The molecular weight excluding hydrogens is 350 g/mol. The van der Waals surface area contributed by atoms with E-state index < -0.39 is 10.0 Å². The fourth-order valence-electron chi connectivity index (χ4n) is 3.81. The first-order chi connectivity index (χ1) is 12.1. The lowest BCUT2D eigenvalue weighted by Crippen LogP contribution is -2.50. The molecule has 26 heavy (non-hydrogen) atoms. The van der Waals surface area contributed by atoms with E-state index in [0.717, 1.165) is 30.9 Å². The summed E-state index contributed by atoms with van der Waals surface area (Å²) < 4.78 is 27.6. The van der Waals surface area contributed by atoms with Crippen LogP contribution >= 0.6 is 0 Å². The van der Waals surface area contributed by atoms with Crippen LogP contribution in [0.1, 0.15) is 33.3 Å². The van der Waals surface area contributed by atoms with Crippen LogP contribution in [0.5, 0.6) is 0 Å². The first-order valence-electron chi connectivity index (χ1n) is 9.21. The van der Waals surface area contributed by atoms with E-state index in [4.69, 9.17) is 0 Å². The lowest BCUT2D eigenvalue weighted by molar-refractivity contribution is -0.116. The maximum absolute atomic E-state index is 13.0. The molecule has 7 heteroatoms. The summed E-state index contributed by atoms with van der Waals surface area (Å²) in [6.45, 7) is 12.3. The highest BCUT2D eigenvalue weighted by atomic mass is 32.2. The van der Waals surface area contributed by atoms with Crippen molar-refractivity contribution in [2.75, 3.05) is 44.2 Å². The molecule has 2 aliphatic rings. The Labute approximate surface area is 156 Å². The van der Waals surface area contributed by atoms with Crippen molar-refractivity contribution in [2.24, 2.45) is 5.41 Å². The van der Waals surface area contributed by atoms with E-state index >= 15 is 0 Å². The number of carbonyl (C=O) groups excluding carboxylic acids is 1. The van der Waals surface area contributed by atoms with Gasteiger partial charge < -0.3 is 9.80 Å². The molecule has 0 saturated carbocycles. The van der Waals surface area contributed by atoms with Crippen LogP contribution in [0.3, 0.4) is 0 Å². The summed E-state index contributed by atoms with van der Waals surface area (Å²) in [6.07, 6.45) is 0.706. The van der Waals surface area contributed by atoms with E-state index in [0.29, 0.717) is 31.0 Å². The topological polar surface area (TPSA) is 60.9 Å². The number of nitrogens with zero attached hydrogens (tertiary/aromatic N) is 3. The molecule has 3 rings (SSSR count). The molecule has 0 bridgehead atoms. The molecule has 6 nitrogen and oxygen atoms in total. The van der Waals surface area contributed by atoms with Crippen molar-refractivity contribution in [3.63, 3.8) is 0 Å². The molecule has 0 spiro atoms. The summed E-state index contributed by atoms with van der Waals surface area (Å²) in [4.78, 5) is 16.0. The minimum Gasteiger partial charge on any atom is -0.312 e. The molecule has 0 aromatic heterocycles. The Balaban J connectivity index is 1.73. The zero-order valence-corrected chi connectivity index (χ0v) is 17.0. The second-order valence-electron chi connectivity index (χ2n) is 8.45. The van der Waals surface area contributed by atoms with Gasteiger partial charge in [-0.25, -0.2) is 8.42 Å². The van der Waals surface area contributed by atoms with Gasteiger partial charge in [-0.1, -0.05) is 20.8 Å². The molecule has 1 saturated heterocycles. The predicted molar refractivity (Wildman–Crippen MR) is 103 cm³/mol. The van der Waals surface area contributed by atoms with Crippen LogP contribution in [0.25, 0.3) is 0 Å². The van der Waals surface area contributed by atoms with Crippen LogP contribution in [0, 0.1) is 5.41 Å². The monoisotopic (exact) mass is 379 g/mol. The highest BCUT2D eigenvalue weighted by Crippen LogP contribution is 2.31. The van der Waals surface area contributed by atoms with Gasteiger partial charge in [0.05, 0.1) is 4.90 Å². The maximum Gasteiger partial charge on any atom is 0.243 e. The molecule has 144 valence electrons. The van der Waals surface area contributed by atoms with Crippen molar-refractivity contribution in [3.05, 3.63) is 23.8 Å². The van der Waals surface area contributed by atoms with Crippen molar-refractivity contribution in [3.8, 4) is 0 Å². The number of hydrogen-bond donors (Lipinski definition) is 0. The average Bonchev–Trinajstić information content (AvgIpc) is 2.97. The van der Waals surface area contributed by atoms with Gasteiger partial charge in [-0.3, -0.25) is 4.79 Å². The molecular formula is C19H29N3O3S. The van der Waals surface area contributed by atoms with Gasteiger partial charge >= 0.3 is 0 Å². The molecule has 0 atom stereocenters. The van der Waals surface area contributed by atoms with Gasteiger partial charge in [0.15, 0.2) is 0 Å². The third-order valence-electron chi connectivity index (χ3n) is 4.99. The third-order valence-corrected chi connectivity index (χ3v) is 6.89. The third kappa shape index (κ3) is 3.94. The van der Waals surface area contributed by atoms with E-state index in [-0.39, 0.29) is 11.3 Å². The molecule has 0 unspecified atom stereocenters. The molecule has 1 aromatic carbocycles. The Morgan fingerprint density at radius 2 is 1.73 bits per heavy atom. The summed E-state index contributed by atoms with van der Waals surface area (Å²) >= 11 is 0. The van der Waals surface area contributed by atoms with Crippen molar-refractivity contribution in [1.29, 1.82) is 0 Å². The molecule has 2 aliphatic heterocycles.